The fourth-order valence-electron chi connectivity index (χ4n) is 2.59. The number of anilines is 1. The van der Waals surface area contributed by atoms with E-state index >= 15 is 0 Å². The minimum absolute atomic E-state index is 1.16. The molecule has 2 heteroatoms. The van der Waals surface area contributed by atoms with Crippen molar-refractivity contribution in [2.45, 2.75) is 24.7 Å². The minimum Gasteiger partial charge on any atom is -0.371 e. The van der Waals surface area contributed by atoms with Crippen LogP contribution in [-0.4, -0.2) is 18.8 Å². The van der Waals surface area contributed by atoms with Crippen molar-refractivity contribution in [2.75, 3.05) is 23.7 Å². The zero-order valence-corrected chi connectivity index (χ0v) is 9.36. The number of hydrogen-bond acceptors (Lipinski definition) is 2. The van der Waals surface area contributed by atoms with Crippen molar-refractivity contribution in [2.24, 2.45) is 0 Å². The SMILES string of the molecule is CCN1CCc2ccc3c(c21)CCS3. The number of thioether (sulfide) groups is 1. The lowest BCUT2D eigenvalue weighted by Gasteiger charge is -2.19. The first-order valence-corrected chi connectivity index (χ1v) is 6.41. The molecule has 0 N–H and O–H groups in total. The van der Waals surface area contributed by atoms with Gasteiger partial charge in [-0.1, -0.05) is 6.07 Å². The smallest absolute Gasteiger partial charge is 0.0443 e. The van der Waals surface area contributed by atoms with Crippen LogP contribution < -0.4 is 4.90 Å². The molecular weight excluding hydrogens is 190 g/mol. The Balaban J connectivity index is 2.16. The van der Waals surface area contributed by atoms with Gasteiger partial charge in [0.25, 0.3) is 0 Å². The lowest BCUT2D eigenvalue weighted by molar-refractivity contribution is 0.862. The largest absolute Gasteiger partial charge is 0.371 e. The molecule has 0 bridgehead atoms. The van der Waals surface area contributed by atoms with E-state index in [2.05, 4.69) is 24.0 Å². The van der Waals surface area contributed by atoms with E-state index in [1.165, 1.54) is 30.0 Å². The third-order valence-electron chi connectivity index (χ3n) is 3.28. The zero-order chi connectivity index (χ0) is 9.54. The van der Waals surface area contributed by atoms with Gasteiger partial charge in [0.05, 0.1) is 0 Å². The Morgan fingerprint density at radius 3 is 3.14 bits per heavy atom. The Morgan fingerprint density at radius 1 is 1.36 bits per heavy atom. The highest BCUT2D eigenvalue weighted by atomic mass is 32.2. The summed E-state index contributed by atoms with van der Waals surface area (Å²) in [4.78, 5) is 4.07. The predicted molar refractivity (Wildman–Crippen MR) is 62.5 cm³/mol. The van der Waals surface area contributed by atoms with Crippen LogP contribution >= 0.6 is 11.8 Å². The van der Waals surface area contributed by atoms with Crippen molar-refractivity contribution < 1.29 is 0 Å². The van der Waals surface area contributed by atoms with E-state index in [9.17, 15) is 0 Å². The van der Waals surface area contributed by atoms with Gasteiger partial charge in [-0.15, -0.1) is 11.8 Å². The van der Waals surface area contributed by atoms with Crippen LogP contribution in [-0.2, 0) is 12.8 Å². The minimum atomic E-state index is 1.16. The first kappa shape index (κ1) is 8.66. The Hall–Kier alpha value is -0.630. The summed E-state index contributed by atoms with van der Waals surface area (Å²) in [6, 6.07) is 4.66. The van der Waals surface area contributed by atoms with E-state index in [0.29, 0.717) is 0 Å². The molecule has 0 unspecified atom stereocenters. The molecule has 0 radical (unpaired) electrons. The summed E-state index contributed by atoms with van der Waals surface area (Å²) in [5, 5.41) is 0. The van der Waals surface area contributed by atoms with Gasteiger partial charge in [0.15, 0.2) is 0 Å². The topological polar surface area (TPSA) is 3.24 Å². The third-order valence-corrected chi connectivity index (χ3v) is 4.38. The molecule has 14 heavy (non-hydrogen) atoms. The lowest BCUT2D eigenvalue weighted by Crippen LogP contribution is -2.20. The van der Waals surface area contributed by atoms with Gasteiger partial charge >= 0.3 is 0 Å². The molecule has 0 saturated carbocycles. The molecule has 0 atom stereocenters. The standard InChI is InChI=1S/C12H15NS/c1-2-13-7-5-9-3-4-11-10(12(9)13)6-8-14-11/h3-4H,2,5-8H2,1H3. The summed E-state index contributed by atoms with van der Waals surface area (Å²) < 4.78 is 0. The van der Waals surface area contributed by atoms with Gasteiger partial charge < -0.3 is 4.90 Å². The van der Waals surface area contributed by atoms with Crippen LogP contribution in [0.2, 0.25) is 0 Å². The van der Waals surface area contributed by atoms with Crippen LogP contribution in [0.15, 0.2) is 17.0 Å². The van der Waals surface area contributed by atoms with Crippen molar-refractivity contribution in [3.63, 3.8) is 0 Å². The van der Waals surface area contributed by atoms with Gasteiger partial charge in [0.1, 0.15) is 0 Å². The molecule has 74 valence electrons. The van der Waals surface area contributed by atoms with E-state index in [1.54, 1.807) is 16.8 Å². The maximum absolute atomic E-state index is 2.54. The van der Waals surface area contributed by atoms with Gasteiger partial charge in [-0.25, -0.2) is 0 Å². The summed E-state index contributed by atoms with van der Waals surface area (Å²) >= 11 is 2.02. The Morgan fingerprint density at radius 2 is 2.29 bits per heavy atom. The molecule has 2 aliphatic rings. The first-order valence-electron chi connectivity index (χ1n) is 5.42. The fraction of sp³-hybridized carbons (Fsp3) is 0.500. The number of likely N-dealkylation sites (N-methyl/N-ethyl adjacent to an activating group) is 1. The Labute approximate surface area is 89.5 Å². The van der Waals surface area contributed by atoms with E-state index in [0.717, 1.165) is 6.54 Å². The molecule has 1 aromatic rings. The summed E-state index contributed by atoms with van der Waals surface area (Å²) in [5.74, 6) is 1.28. The van der Waals surface area contributed by atoms with Crippen molar-refractivity contribution in [3.05, 3.63) is 23.3 Å². The van der Waals surface area contributed by atoms with Crippen LogP contribution in [0, 0.1) is 0 Å². The van der Waals surface area contributed by atoms with Gasteiger partial charge in [0, 0.05) is 29.4 Å². The number of nitrogens with zero attached hydrogens (tertiary/aromatic N) is 1. The number of rotatable bonds is 1. The van der Waals surface area contributed by atoms with Gasteiger partial charge in [-0.2, -0.15) is 0 Å². The van der Waals surface area contributed by atoms with Gasteiger partial charge in [-0.05, 0) is 37.0 Å². The molecule has 2 heterocycles. The normalized spacial score (nSPS) is 18.5. The molecule has 1 nitrogen and oxygen atoms in total. The second-order valence-electron chi connectivity index (χ2n) is 3.98. The third kappa shape index (κ3) is 1.10. The molecule has 0 aliphatic carbocycles. The van der Waals surface area contributed by atoms with Crippen molar-refractivity contribution in [1.29, 1.82) is 0 Å². The average molecular weight is 205 g/mol. The molecular formula is C12H15NS. The highest BCUT2D eigenvalue weighted by molar-refractivity contribution is 7.99. The number of fused-ring (bicyclic) bond motifs is 3. The predicted octanol–water partition coefficient (Wildman–Crippen LogP) is 2.72. The molecule has 0 fully saturated rings. The van der Waals surface area contributed by atoms with E-state index < -0.39 is 0 Å². The number of benzene rings is 1. The van der Waals surface area contributed by atoms with Crippen molar-refractivity contribution in [1.82, 2.24) is 0 Å². The molecule has 0 spiro atoms. The van der Waals surface area contributed by atoms with E-state index in [1.807, 2.05) is 11.8 Å². The highest BCUT2D eigenvalue weighted by Crippen LogP contribution is 2.42. The van der Waals surface area contributed by atoms with E-state index in [4.69, 9.17) is 0 Å². The number of hydrogen-bond donors (Lipinski definition) is 0. The van der Waals surface area contributed by atoms with Gasteiger partial charge in [0.2, 0.25) is 0 Å². The monoisotopic (exact) mass is 205 g/mol. The van der Waals surface area contributed by atoms with Crippen LogP contribution in [0.5, 0.6) is 0 Å². The summed E-state index contributed by atoms with van der Waals surface area (Å²) in [5.41, 5.74) is 4.79. The first-order chi connectivity index (χ1) is 6.90. The Bertz CT molecular complexity index is 373. The van der Waals surface area contributed by atoms with Crippen molar-refractivity contribution in [3.8, 4) is 0 Å². The van der Waals surface area contributed by atoms with Crippen molar-refractivity contribution >= 4 is 17.4 Å². The molecule has 2 aliphatic heterocycles. The molecule has 3 rings (SSSR count). The maximum atomic E-state index is 2.54. The van der Waals surface area contributed by atoms with Crippen LogP contribution in [0.4, 0.5) is 5.69 Å². The quantitative estimate of drug-likeness (QED) is 0.693. The van der Waals surface area contributed by atoms with Crippen LogP contribution in [0.25, 0.3) is 0 Å². The molecule has 0 aromatic heterocycles. The summed E-state index contributed by atoms with van der Waals surface area (Å²) in [6.45, 7) is 4.65. The average Bonchev–Trinajstić information content (AvgIpc) is 2.82. The Kier molecular flexibility index (Phi) is 1.98. The van der Waals surface area contributed by atoms with Gasteiger partial charge in [-0.3, -0.25) is 0 Å². The summed E-state index contributed by atoms with van der Waals surface area (Å²) in [6.07, 6.45) is 2.53. The lowest BCUT2D eigenvalue weighted by atomic mass is 10.1. The molecule has 0 amide bonds. The second kappa shape index (κ2) is 3.20. The molecule has 0 saturated heterocycles. The van der Waals surface area contributed by atoms with E-state index in [-0.39, 0.29) is 0 Å². The molecule has 1 aromatic carbocycles. The summed E-state index contributed by atoms with van der Waals surface area (Å²) in [7, 11) is 0. The van der Waals surface area contributed by atoms with Crippen LogP contribution in [0.1, 0.15) is 18.1 Å². The second-order valence-corrected chi connectivity index (χ2v) is 5.11. The van der Waals surface area contributed by atoms with Crippen LogP contribution in [0.3, 0.4) is 0 Å². The fourth-order valence-corrected chi connectivity index (χ4v) is 3.65. The zero-order valence-electron chi connectivity index (χ0n) is 8.55. The maximum Gasteiger partial charge on any atom is 0.0443 e. The highest BCUT2D eigenvalue weighted by Gasteiger charge is 2.25.